The number of aryl methyl sites for hydroxylation is 1. The minimum absolute atomic E-state index is 0.0121. The fourth-order valence-corrected chi connectivity index (χ4v) is 3.36. The summed E-state index contributed by atoms with van der Waals surface area (Å²) >= 11 is 1.60. The molecule has 0 aromatic carbocycles. The van der Waals surface area contributed by atoms with E-state index in [2.05, 4.69) is 10.3 Å². The fourth-order valence-electron chi connectivity index (χ4n) is 2.62. The third kappa shape index (κ3) is 4.29. The van der Waals surface area contributed by atoms with Crippen LogP contribution in [0, 0.1) is 18.3 Å². The number of nitrogens with one attached hydrogen (secondary N) is 1. The monoisotopic (exact) mass is 323 g/mol. The predicted octanol–water partition coefficient (Wildman–Crippen LogP) is 2.35. The second kappa shape index (κ2) is 6.77. The van der Waals surface area contributed by atoms with Crippen LogP contribution in [-0.2, 0) is 16.1 Å². The summed E-state index contributed by atoms with van der Waals surface area (Å²) < 4.78 is 0. The van der Waals surface area contributed by atoms with Crippen LogP contribution >= 0.6 is 11.3 Å². The molecule has 0 atom stereocenters. The van der Waals surface area contributed by atoms with E-state index >= 15 is 0 Å². The lowest BCUT2D eigenvalue weighted by molar-refractivity contribution is -0.142. The quantitative estimate of drug-likeness (QED) is 0.929. The molecule has 1 aliphatic rings. The number of amides is 2. The number of rotatable bonds is 3. The Kier molecular flexibility index (Phi) is 5.21. The molecule has 2 heterocycles. The molecule has 22 heavy (non-hydrogen) atoms. The first-order valence-corrected chi connectivity index (χ1v) is 8.57. The molecule has 2 amide bonds. The van der Waals surface area contributed by atoms with Gasteiger partial charge in [0.1, 0.15) is 0 Å². The average Bonchev–Trinajstić information content (AvgIpc) is 2.89. The largest absolute Gasteiger partial charge is 0.351 e. The Balaban J connectivity index is 1.79. The summed E-state index contributed by atoms with van der Waals surface area (Å²) in [5, 5.41) is 4.00. The number of carbonyl (C=O) groups excluding carboxylic acids is 2. The molecule has 5 nitrogen and oxygen atoms in total. The fraction of sp³-hybridized carbons (Fsp3) is 0.688. The van der Waals surface area contributed by atoms with Crippen LogP contribution in [-0.4, -0.2) is 34.8 Å². The Hall–Kier alpha value is -1.43. The molecule has 2 rings (SSSR count). The third-order valence-corrected chi connectivity index (χ3v) is 4.81. The van der Waals surface area contributed by atoms with Crippen molar-refractivity contribution in [3.63, 3.8) is 0 Å². The molecular weight excluding hydrogens is 298 g/mol. The van der Waals surface area contributed by atoms with Crippen molar-refractivity contribution in [3.8, 4) is 0 Å². The SMILES string of the molecule is Cc1ncc(CNC(=O)C2CCN(C(=O)C(C)(C)C)CC2)s1. The molecule has 1 N–H and O–H groups in total. The summed E-state index contributed by atoms with van der Waals surface area (Å²) in [6, 6.07) is 0. The van der Waals surface area contributed by atoms with Crippen molar-refractivity contribution in [3.05, 3.63) is 16.1 Å². The van der Waals surface area contributed by atoms with Gasteiger partial charge >= 0.3 is 0 Å². The summed E-state index contributed by atoms with van der Waals surface area (Å²) in [5.74, 6) is 0.276. The van der Waals surface area contributed by atoms with Crippen LogP contribution in [0.3, 0.4) is 0 Å². The number of aromatic nitrogens is 1. The maximum atomic E-state index is 12.2. The molecule has 1 fully saturated rings. The normalized spacial score (nSPS) is 16.6. The molecule has 0 radical (unpaired) electrons. The number of carbonyl (C=O) groups is 2. The molecule has 0 spiro atoms. The lowest BCUT2D eigenvalue weighted by atomic mass is 9.90. The topological polar surface area (TPSA) is 62.3 Å². The van der Waals surface area contributed by atoms with Gasteiger partial charge in [0.25, 0.3) is 0 Å². The van der Waals surface area contributed by atoms with Crippen molar-refractivity contribution >= 4 is 23.2 Å². The first-order valence-electron chi connectivity index (χ1n) is 7.76. The van der Waals surface area contributed by atoms with Gasteiger partial charge in [0.2, 0.25) is 11.8 Å². The van der Waals surface area contributed by atoms with Gasteiger partial charge in [0, 0.05) is 35.5 Å². The highest BCUT2D eigenvalue weighted by atomic mass is 32.1. The van der Waals surface area contributed by atoms with Crippen LogP contribution in [0.4, 0.5) is 0 Å². The summed E-state index contributed by atoms with van der Waals surface area (Å²) in [6.07, 6.45) is 3.30. The lowest BCUT2D eigenvalue weighted by Gasteiger charge is -2.35. The Morgan fingerprint density at radius 3 is 2.50 bits per heavy atom. The predicted molar refractivity (Wildman–Crippen MR) is 87.5 cm³/mol. The highest BCUT2D eigenvalue weighted by molar-refractivity contribution is 7.11. The maximum Gasteiger partial charge on any atom is 0.227 e. The van der Waals surface area contributed by atoms with Gasteiger partial charge in [-0.3, -0.25) is 9.59 Å². The van der Waals surface area contributed by atoms with E-state index in [1.54, 1.807) is 11.3 Å². The molecular formula is C16H25N3O2S. The molecule has 0 aliphatic carbocycles. The zero-order chi connectivity index (χ0) is 16.3. The van der Waals surface area contributed by atoms with Gasteiger partial charge in [-0.15, -0.1) is 11.3 Å². The summed E-state index contributed by atoms with van der Waals surface area (Å²) in [5.41, 5.74) is -0.348. The van der Waals surface area contributed by atoms with Crippen LogP contribution in [0.2, 0.25) is 0 Å². The Morgan fingerprint density at radius 1 is 1.36 bits per heavy atom. The number of hydrogen-bond acceptors (Lipinski definition) is 4. The third-order valence-electron chi connectivity index (χ3n) is 3.90. The van der Waals surface area contributed by atoms with Crippen molar-refractivity contribution in [1.82, 2.24) is 15.2 Å². The Morgan fingerprint density at radius 2 is 2.00 bits per heavy atom. The molecule has 1 aromatic rings. The van der Waals surface area contributed by atoms with E-state index in [1.165, 1.54) is 0 Å². The van der Waals surface area contributed by atoms with Gasteiger partial charge < -0.3 is 10.2 Å². The lowest BCUT2D eigenvalue weighted by Crippen LogP contribution is -2.46. The standard InChI is InChI=1S/C16H25N3O2S/c1-11-17-9-13(22-11)10-18-14(20)12-5-7-19(8-6-12)15(21)16(2,3)4/h9,12H,5-8,10H2,1-4H3,(H,18,20). The zero-order valence-corrected chi connectivity index (χ0v) is 14.6. The number of nitrogens with zero attached hydrogens (tertiary/aromatic N) is 2. The first kappa shape index (κ1) is 16.9. The van der Waals surface area contributed by atoms with E-state index < -0.39 is 0 Å². The van der Waals surface area contributed by atoms with E-state index in [0.29, 0.717) is 19.6 Å². The average molecular weight is 323 g/mol. The van der Waals surface area contributed by atoms with Crippen LogP contribution in [0.1, 0.15) is 43.5 Å². The Labute approximate surface area is 136 Å². The smallest absolute Gasteiger partial charge is 0.227 e. The number of likely N-dealkylation sites (tertiary alicyclic amines) is 1. The van der Waals surface area contributed by atoms with Crippen LogP contribution in [0.15, 0.2) is 6.20 Å². The number of hydrogen-bond donors (Lipinski definition) is 1. The second-order valence-corrected chi connectivity index (χ2v) is 8.20. The van der Waals surface area contributed by atoms with Crippen LogP contribution in [0.25, 0.3) is 0 Å². The minimum atomic E-state index is -0.348. The Bertz CT molecular complexity index is 540. The van der Waals surface area contributed by atoms with Crippen molar-refractivity contribution in [2.45, 2.75) is 47.1 Å². The highest BCUT2D eigenvalue weighted by Crippen LogP contribution is 2.23. The number of thiazole rings is 1. The van der Waals surface area contributed by atoms with Gasteiger partial charge in [-0.2, -0.15) is 0 Å². The van der Waals surface area contributed by atoms with Gasteiger partial charge in [-0.25, -0.2) is 4.98 Å². The summed E-state index contributed by atoms with van der Waals surface area (Å²) in [7, 11) is 0. The summed E-state index contributed by atoms with van der Waals surface area (Å²) in [6.45, 7) is 9.66. The van der Waals surface area contributed by atoms with Crippen LogP contribution < -0.4 is 5.32 Å². The van der Waals surface area contributed by atoms with E-state index in [-0.39, 0.29) is 23.1 Å². The van der Waals surface area contributed by atoms with Gasteiger partial charge in [-0.1, -0.05) is 20.8 Å². The summed E-state index contributed by atoms with van der Waals surface area (Å²) in [4.78, 5) is 31.6. The van der Waals surface area contributed by atoms with Gasteiger partial charge in [-0.05, 0) is 19.8 Å². The molecule has 6 heteroatoms. The zero-order valence-electron chi connectivity index (χ0n) is 13.8. The van der Waals surface area contributed by atoms with E-state index in [1.807, 2.05) is 38.8 Å². The molecule has 1 saturated heterocycles. The van der Waals surface area contributed by atoms with E-state index in [9.17, 15) is 9.59 Å². The van der Waals surface area contributed by atoms with Crippen LogP contribution in [0.5, 0.6) is 0 Å². The molecule has 122 valence electrons. The minimum Gasteiger partial charge on any atom is -0.351 e. The highest BCUT2D eigenvalue weighted by Gasteiger charge is 2.32. The van der Waals surface area contributed by atoms with Crippen molar-refractivity contribution in [2.75, 3.05) is 13.1 Å². The maximum absolute atomic E-state index is 12.2. The second-order valence-electron chi connectivity index (χ2n) is 6.88. The number of piperidine rings is 1. The van der Waals surface area contributed by atoms with Crippen molar-refractivity contribution in [2.24, 2.45) is 11.3 Å². The molecule has 0 bridgehead atoms. The van der Waals surface area contributed by atoms with Crippen molar-refractivity contribution in [1.29, 1.82) is 0 Å². The first-order chi connectivity index (χ1) is 10.3. The van der Waals surface area contributed by atoms with E-state index in [0.717, 1.165) is 22.7 Å². The van der Waals surface area contributed by atoms with Crippen molar-refractivity contribution < 1.29 is 9.59 Å². The molecule has 1 aromatic heterocycles. The van der Waals surface area contributed by atoms with E-state index in [4.69, 9.17) is 0 Å². The van der Waals surface area contributed by atoms with Gasteiger partial charge in [0.05, 0.1) is 11.6 Å². The molecule has 0 saturated carbocycles. The molecule has 0 unspecified atom stereocenters. The van der Waals surface area contributed by atoms with Gasteiger partial charge in [0.15, 0.2) is 0 Å². The molecule has 1 aliphatic heterocycles.